The number of nitro groups is 1. The highest BCUT2D eigenvalue weighted by Crippen LogP contribution is 2.38. The number of piperidine rings is 1. The summed E-state index contributed by atoms with van der Waals surface area (Å²) in [6, 6.07) is 3.40. The molecule has 10 nitrogen and oxygen atoms in total. The lowest BCUT2D eigenvalue weighted by molar-refractivity contribution is -0.383. The van der Waals surface area contributed by atoms with Crippen LogP contribution in [0.4, 0.5) is 36.2 Å². The van der Waals surface area contributed by atoms with Gasteiger partial charge in [-0.1, -0.05) is 0 Å². The molecule has 33 heavy (non-hydrogen) atoms. The van der Waals surface area contributed by atoms with E-state index < -0.39 is 22.7 Å². The van der Waals surface area contributed by atoms with E-state index >= 15 is 0 Å². The topological polar surface area (TPSA) is 120 Å². The number of rotatable bonds is 7. The van der Waals surface area contributed by atoms with Crippen molar-refractivity contribution in [3.63, 3.8) is 0 Å². The highest BCUT2D eigenvalue weighted by atomic mass is 79.9. The van der Waals surface area contributed by atoms with E-state index in [9.17, 15) is 28.1 Å². The number of esters is 1. The summed E-state index contributed by atoms with van der Waals surface area (Å²) in [6.07, 6.45) is -2.80. The summed E-state index contributed by atoms with van der Waals surface area (Å²) in [4.78, 5) is 32.9. The smallest absolute Gasteiger partial charge is 0.466 e. The van der Waals surface area contributed by atoms with Crippen molar-refractivity contribution >= 4 is 44.9 Å². The van der Waals surface area contributed by atoms with Gasteiger partial charge in [-0.3, -0.25) is 14.9 Å². The molecule has 0 bridgehead atoms. The first-order valence-corrected chi connectivity index (χ1v) is 10.6. The summed E-state index contributed by atoms with van der Waals surface area (Å²) >= 11 is 3.12. The molecule has 0 radical (unpaired) electrons. The van der Waals surface area contributed by atoms with Gasteiger partial charge in [0.2, 0.25) is 11.6 Å². The zero-order valence-electron chi connectivity index (χ0n) is 17.3. The fourth-order valence-corrected chi connectivity index (χ4v) is 3.83. The molecule has 2 aromatic rings. The number of hydrogen-bond donors (Lipinski definition) is 1. The van der Waals surface area contributed by atoms with E-state index in [1.165, 1.54) is 6.07 Å². The van der Waals surface area contributed by atoms with Crippen molar-refractivity contribution in [3.8, 4) is 5.75 Å². The van der Waals surface area contributed by atoms with Crippen LogP contribution in [0.5, 0.6) is 5.75 Å². The van der Waals surface area contributed by atoms with Crippen LogP contribution in [0.15, 0.2) is 29.0 Å². The normalized spacial score (nSPS) is 14.6. The Balaban J connectivity index is 1.82. The van der Waals surface area contributed by atoms with Crippen LogP contribution in [0.2, 0.25) is 0 Å². The molecule has 0 aliphatic carbocycles. The molecule has 178 valence electrons. The highest BCUT2D eigenvalue weighted by Gasteiger charge is 2.33. The second-order valence-corrected chi connectivity index (χ2v) is 7.83. The van der Waals surface area contributed by atoms with Gasteiger partial charge in [-0.25, -0.2) is 9.97 Å². The van der Waals surface area contributed by atoms with Crippen molar-refractivity contribution in [1.29, 1.82) is 0 Å². The first-order valence-electron chi connectivity index (χ1n) is 9.82. The van der Waals surface area contributed by atoms with Crippen molar-refractivity contribution in [2.75, 3.05) is 29.9 Å². The Hall–Kier alpha value is -3.16. The Morgan fingerprint density at radius 3 is 2.61 bits per heavy atom. The lowest BCUT2D eigenvalue weighted by Gasteiger charge is -2.31. The molecule has 1 aromatic heterocycles. The highest BCUT2D eigenvalue weighted by molar-refractivity contribution is 9.10. The van der Waals surface area contributed by atoms with Gasteiger partial charge in [-0.15, -0.1) is 13.2 Å². The number of halogens is 4. The SMILES string of the molecule is CCOC(=O)C1CCN(c2ncnc(Nc3ccc(OC(F)(F)F)cc3Br)c2[N+](=O)[O-])CC1. The number of carbonyl (C=O) groups is 1. The van der Waals surface area contributed by atoms with E-state index in [0.29, 0.717) is 25.9 Å². The Morgan fingerprint density at radius 2 is 2.03 bits per heavy atom. The predicted molar refractivity (Wildman–Crippen MR) is 114 cm³/mol. The second kappa shape index (κ2) is 10.2. The van der Waals surface area contributed by atoms with Crippen LogP contribution < -0.4 is 15.0 Å². The maximum atomic E-state index is 12.4. The quantitative estimate of drug-likeness (QED) is 0.310. The van der Waals surface area contributed by atoms with Gasteiger partial charge in [-0.2, -0.15) is 0 Å². The molecule has 0 saturated carbocycles. The molecule has 1 aliphatic heterocycles. The van der Waals surface area contributed by atoms with Crippen LogP contribution in [-0.4, -0.2) is 46.9 Å². The molecule has 1 aromatic carbocycles. The molecule has 1 fully saturated rings. The summed E-state index contributed by atoms with van der Waals surface area (Å²) in [5, 5.41) is 14.6. The van der Waals surface area contributed by atoms with Gasteiger partial charge in [0.25, 0.3) is 0 Å². The van der Waals surface area contributed by atoms with Gasteiger partial charge >= 0.3 is 18.0 Å². The van der Waals surface area contributed by atoms with Gasteiger partial charge < -0.3 is 19.7 Å². The molecule has 0 unspecified atom stereocenters. The zero-order valence-corrected chi connectivity index (χ0v) is 18.9. The van der Waals surface area contributed by atoms with Crippen molar-refractivity contribution in [1.82, 2.24) is 9.97 Å². The Morgan fingerprint density at radius 1 is 1.33 bits per heavy atom. The third kappa shape index (κ3) is 6.21. The molecule has 1 N–H and O–H groups in total. The molecule has 1 saturated heterocycles. The van der Waals surface area contributed by atoms with Crippen LogP contribution in [0.3, 0.4) is 0 Å². The summed E-state index contributed by atoms with van der Waals surface area (Å²) < 4.78 is 46.3. The fourth-order valence-electron chi connectivity index (χ4n) is 3.37. The van der Waals surface area contributed by atoms with Crippen LogP contribution in [0, 0.1) is 16.0 Å². The zero-order chi connectivity index (χ0) is 24.2. The fraction of sp³-hybridized carbons (Fsp3) is 0.421. The van der Waals surface area contributed by atoms with E-state index in [0.717, 1.165) is 18.5 Å². The molecule has 0 spiro atoms. The van der Waals surface area contributed by atoms with Crippen molar-refractivity contribution < 1.29 is 32.4 Å². The van der Waals surface area contributed by atoms with Crippen LogP contribution >= 0.6 is 15.9 Å². The number of ether oxygens (including phenoxy) is 2. The minimum Gasteiger partial charge on any atom is -0.466 e. The molecular weight excluding hydrogens is 515 g/mol. The van der Waals surface area contributed by atoms with Crippen LogP contribution in [0.25, 0.3) is 0 Å². The number of benzene rings is 1. The number of anilines is 3. The number of nitrogens with zero attached hydrogens (tertiary/aromatic N) is 4. The van der Waals surface area contributed by atoms with Crippen LogP contribution in [-0.2, 0) is 9.53 Å². The summed E-state index contributed by atoms with van der Waals surface area (Å²) in [7, 11) is 0. The number of nitrogens with one attached hydrogen (secondary N) is 1. The van der Waals surface area contributed by atoms with Gasteiger partial charge in [0, 0.05) is 17.6 Å². The predicted octanol–water partition coefficient (Wildman–Crippen LogP) is 4.57. The van der Waals surface area contributed by atoms with Gasteiger partial charge in [0.15, 0.2) is 0 Å². The Bertz CT molecular complexity index is 1030. The molecule has 3 rings (SSSR count). The number of carbonyl (C=O) groups excluding carboxylic acids is 1. The summed E-state index contributed by atoms with van der Waals surface area (Å²) in [5.74, 6) is -1.09. The third-order valence-electron chi connectivity index (χ3n) is 4.83. The van der Waals surface area contributed by atoms with E-state index in [4.69, 9.17) is 4.74 Å². The largest absolute Gasteiger partial charge is 0.573 e. The van der Waals surface area contributed by atoms with Crippen molar-refractivity contribution in [3.05, 3.63) is 39.1 Å². The Labute approximate surface area is 194 Å². The maximum absolute atomic E-state index is 12.4. The number of aromatic nitrogens is 2. The van der Waals surface area contributed by atoms with Crippen molar-refractivity contribution in [2.45, 2.75) is 26.1 Å². The van der Waals surface area contributed by atoms with E-state index in [1.54, 1.807) is 11.8 Å². The minimum absolute atomic E-state index is 0.0768. The average molecular weight is 534 g/mol. The molecular formula is C19H19BrF3N5O5. The lowest BCUT2D eigenvalue weighted by atomic mass is 9.97. The maximum Gasteiger partial charge on any atom is 0.573 e. The Kier molecular flexibility index (Phi) is 7.56. The molecule has 0 atom stereocenters. The van der Waals surface area contributed by atoms with Gasteiger partial charge in [0.1, 0.15) is 12.1 Å². The molecule has 1 aliphatic rings. The molecule has 2 heterocycles. The summed E-state index contributed by atoms with van der Waals surface area (Å²) in [6.45, 7) is 2.72. The first kappa shape index (κ1) is 24.5. The minimum atomic E-state index is -4.85. The number of hydrogen-bond acceptors (Lipinski definition) is 9. The van der Waals surface area contributed by atoms with Gasteiger partial charge in [0.05, 0.1) is 23.1 Å². The third-order valence-corrected chi connectivity index (χ3v) is 5.48. The van der Waals surface area contributed by atoms with E-state index in [2.05, 4.69) is 36.0 Å². The standard InChI is InChI=1S/C19H19BrF3N5O5/c1-2-32-18(29)11-5-7-27(8-6-11)17-15(28(30)31)16(24-10-25-17)26-14-4-3-12(9-13(14)20)33-19(21,22)23/h3-4,9-11H,2,5-8H2,1H3,(H,24,25,26). The van der Waals surface area contributed by atoms with Gasteiger partial charge in [-0.05, 0) is 53.9 Å². The number of alkyl halides is 3. The monoisotopic (exact) mass is 533 g/mol. The average Bonchev–Trinajstić information content (AvgIpc) is 2.74. The van der Waals surface area contributed by atoms with Crippen LogP contribution in [0.1, 0.15) is 19.8 Å². The lowest BCUT2D eigenvalue weighted by Crippen LogP contribution is -2.37. The van der Waals surface area contributed by atoms with E-state index in [1.807, 2.05) is 0 Å². The molecule has 14 heteroatoms. The van der Waals surface area contributed by atoms with Crippen molar-refractivity contribution in [2.24, 2.45) is 5.92 Å². The first-order chi connectivity index (χ1) is 15.6. The molecule has 0 amide bonds. The van der Waals surface area contributed by atoms with E-state index in [-0.39, 0.29) is 40.3 Å². The summed E-state index contributed by atoms with van der Waals surface area (Å²) in [5.41, 5.74) is -0.159. The second-order valence-electron chi connectivity index (χ2n) is 6.98.